The molecule has 0 aromatic heterocycles. The zero-order valence-corrected chi connectivity index (χ0v) is 18.4. The van der Waals surface area contributed by atoms with E-state index in [1.807, 2.05) is 54.6 Å². The maximum absolute atomic E-state index is 12.9. The van der Waals surface area contributed by atoms with E-state index in [1.54, 1.807) is 36.0 Å². The van der Waals surface area contributed by atoms with Crippen LogP contribution in [-0.2, 0) is 4.74 Å². The smallest absolute Gasteiger partial charge is 0.323 e. The lowest BCUT2D eigenvalue weighted by atomic mass is 10.2. The van der Waals surface area contributed by atoms with E-state index in [2.05, 4.69) is 16.0 Å². The Balaban J connectivity index is 1.33. The van der Waals surface area contributed by atoms with Gasteiger partial charge in [0.25, 0.3) is 5.91 Å². The number of carbonyl (C=O) groups is 2. The number of urea groups is 1. The summed E-state index contributed by atoms with van der Waals surface area (Å²) < 4.78 is 5.69. The van der Waals surface area contributed by atoms with Gasteiger partial charge in [-0.1, -0.05) is 30.3 Å². The molecular formula is C25H25N3O3S. The summed E-state index contributed by atoms with van der Waals surface area (Å²) >= 11 is 1.65. The van der Waals surface area contributed by atoms with Gasteiger partial charge < -0.3 is 20.7 Å². The van der Waals surface area contributed by atoms with Gasteiger partial charge in [0.1, 0.15) is 0 Å². The van der Waals surface area contributed by atoms with Gasteiger partial charge in [0, 0.05) is 34.3 Å². The molecule has 1 heterocycles. The first-order valence-corrected chi connectivity index (χ1v) is 11.5. The Kier molecular flexibility index (Phi) is 7.42. The SMILES string of the molecule is O=C(Nc1ccccc1)Nc1ccc(NC(=O)c2ccccc2SCC2CCCO2)cc1. The minimum Gasteiger partial charge on any atom is -0.377 e. The third-order valence-corrected chi connectivity index (χ3v) is 6.22. The molecule has 0 saturated carbocycles. The molecule has 1 atom stereocenters. The predicted octanol–water partition coefficient (Wildman–Crippen LogP) is 5.85. The van der Waals surface area contributed by atoms with Crippen molar-refractivity contribution < 1.29 is 14.3 Å². The van der Waals surface area contributed by atoms with E-state index in [0.29, 0.717) is 22.6 Å². The lowest BCUT2D eigenvalue weighted by Crippen LogP contribution is -2.19. The Morgan fingerprint density at radius 1 is 0.812 bits per heavy atom. The number of nitrogens with one attached hydrogen (secondary N) is 3. The van der Waals surface area contributed by atoms with Crippen LogP contribution in [0.5, 0.6) is 0 Å². The molecule has 1 aliphatic heterocycles. The fourth-order valence-electron chi connectivity index (χ4n) is 3.39. The molecule has 1 fully saturated rings. The van der Waals surface area contributed by atoms with E-state index in [9.17, 15) is 9.59 Å². The Hall–Kier alpha value is -3.29. The molecule has 0 bridgehead atoms. The van der Waals surface area contributed by atoms with Gasteiger partial charge in [-0.05, 0) is 61.4 Å². The number of anilines is 3. The summed E-state index contributed by atoms with van der Waals surface area (Å²) in [7, 11) is 0. The number of hydrogen-bond acceptors (Lipinski definition) is 4. The molecule has 1 unspecified atom stereocenters. The molecular weight excluding hydrogens is 422 g/mol. The topological polar surface area (TPSA) is 79.5 Å². The number of para-hydroxylation sites is 1. The third-order valence-electron chi connectivity index (χ3n) is 5.01. The Morgan fingerprint density at radius 2 is 1.44 bits per heavy atom. The zero-order valence-electron chi connectivity index (χ0n) is 17.5. The Morgan fingerprint density at radius 3 is 2.12 bits per heavy atom. The van der Waals surface area contributed by atoms with Crippen molar-refractivity contribution in [2.45, 2.75) is 23.8 Å². The van der Waals surface area contributed by atoms with E-state index in [0.717, 1.165) is 30.1 Å². The summed E-state index contributed by atoms with van der Waals surface area (Å²) in [6, 6.07) is 23.5. The number of ether oxygens (including phenoxy) is 1. The van der Waals surface area contributed by atoms with Gasteiger partial charge in [-0.25, -0.2) is 4.79 Å². The summed E-state index contributed by atoms with van der Waals surface area (Å²) in [5, 5.41) is 8.48. The maximum atomic E-state index is 12.9. The van der Waals surface area contributed by atoms with Crippen molar-refractivity contribution in [3.63, 3.8) is 0 Å². The van der Waals surface area contributed by atoms with Crippen molar-refractivity contribution in [3.8, 4) is 0 Å². The molecule has 32 heavy (non-hydrogen) atoms. The second-order valence-electron chi connectivity index (χ2n) is 7.42. The first-order chi connectivity index (χ1) is 15.7. The molecule has 7 heteroatoms. The standard InChI is InChI=1S/C25H25N3O3S/c29-24(22-10-4-5-11-23(22)32-17-21-9-6-16-31-21)26-19-12-14-20(15-13-19)28-25(30)27-18-7-2-1-3-8-18/h1-5,7-8,10-15,21H,6,9,16-17H2,(H,26,29)(H2,27,28,30). The molecule has 1 aliphatic rings. The van der Waals surface area contributed by atoms with Crippen molar-refractivity contribution in [1.82, 2.24) is 0 Å². The summed E-state index contributed by atoms with van der Waals surface area (Å²) in [4.78, 5) is 25.9. The highest BCUT2D eigenvalue weighted by molar-refractivity contribution is 7.99. The van der Waals surface area contributed by atoms with Crippen molar-refractivity contribution in [1.29, 1.82) is 0 Å². The fourth-order valence-corrected chi connectivity index (χ4v) is 4.51. The predicted molar refractivity (Wildman–Crippen MR) is 130 cm³/mol. The Bertz CT molecular complexity index is 1050. The highest BCUT2D eigenvalue weighted by Gasteiger charge is 2.18. The number of rotatable bonds is 7. The van der Waals surface area contributed by atoms with Gasteiger partial charge in [0.2, 0.25) is 0 Å². The van der Waals surface area contributed by atoms with Crippen LogP contribution in [0, 0.1) is 0 Å². The van der Waals surface area contributed by atoms with Crippen LogP contribution in [0.4, 0.5) is 21.9 Å². The van der Waals surface area contributed by atoms with Crippen LogP contribution < -0.4 is 16.0 Å². The van der Waals surface area contributed by atoms with Gasteiger partial charge in [-0.15, -0.1) is 11.8 Å². The van der Waals surface area contributed by atoms with Crippen LogP contribution in [-0.4, -0.2) is 30.4 Å². The zero-order chi connectivity index (χ0) is 22.2. The van der Waals surface area contributed by atoms with E-state index < -0.39 is 0 Å². The monoisotopic (exact) mass is 447 g/mol. The largest absolute Gasteiger partial charge is 0.377 e. The van der Waals surface area contributed by atoms with Crippen LogP contribution in [0.15, 0.2) is 83.8 Å². The molecule has 0 spiro atoms. The first kappa shape index (κ1) is 21.9. The van der Waals surface area contributed by atoms with Gasteiger partial charge in [-0.2, -0.15) is 0 Å². The van der Waals surface area contributed by atoms with Crippen molar-refractivity contribution in [3.05, 3.63) is 84.4 Å². The second-order valence-corrected chi connectivity index (χ2v) is 8.48. The fraction of sp³-hybridized carbons (Fsp3) is 0.200. The lowest BCUT2D eigenvalue weighted by Gasteiger charge is -2.13. The van der Waals surface area contributed by atoms with Crippen LogP contribution in [0.2, 0.25) is 0 Å². The first-order valence-electron chi connectivity index (χ1n) is 10.6. The highest BCUT2D eigenvalue weighted by atomic mass is 32.2. The van der Waals surface area contributed by atoms with Crippen LogP contribution in [0.1, 0.15) is 23.2 Å². The number of carbonyl (C=O) groups excluding carboxylic acids is 2. The van der Waals surface area contributed by atoms with E-state index in [4.69, 9.17) is 4.74 Å². The maximum Gasteiger partial charge on any atom is 0.323 e. The minimum absolute atomic E-state index is 0.164. The normalized spacial score (nSPS) is 15.2. The van der Waals surface area contributed by atoms with Gasteiger partial charge in [0.15, 0.2) is 0 Å². The molecule has 164 valence electrons. The van der Waals surface area contributed by atoms with E-state index in [-0.39, 0.29) is 18.0 Å². The van der Waals surface area contributed by atoms with Crippen LogP contribution in [0.25, 0.3) is 0 Å². The molecule has 0 aliphatic carbocycles. The van der Waals surface area contributed by atoms with E-state index >= 15 is 0 Å². The summed E-state index contributed by atoms with van der Waals surface area (Å²) in [6.45, 7) is 0.826. The third kappa shape index (κ3) is 6.12. The van der Waals surface area contributed by atoms with Crippen molar-refractivity contribution in [2.24, 2.45) is 0 Å². The Labute approximate surface area is 191 Å². The minimum atomic E-state index is -0.329. The summed E-state index contributed by atoms with van der Waals surface area (Å²) in [5.41, 5.74) is 2.64. The number of thioether (sulfide) groups is 1. The van der Waals surface area contributed by atoms with Crippen LogP contribution in [0.3, 0.4) is 0 Å². The average Bonchev–Trinajstić information content (AvgIpc) is 3.33. The highest BCUT2D eigenvalue weighted by Crippen LogP contribution is 2.27. The number of amides is 3. The second kappa shape index (κ2) is 10.8. The van der Waals surface area contributed by atoms with Gasteiger partial charge in [-0.3, -0.25) is 4.79 Å². The summed E-state index contributed by atoms with van der Waals surface area (Å²) in [5.74, 6) is 0.679. The number of benzene rings is 3. The molecule has 3 amide bonds. The number of hydrogen-bond donors (Lipinski definition) is 3. The van der Waals surface area contributed by atoms with Gasteiger partial charge in [0.05, 0.1) is 11.7 Å². The molecule has 3 aromatic rings. The lowest BCUT2D eigenvalue weighted by molar-refractivity contribution is 0.102. The van der Waals surface area contributed by atoms with Crippen molar-refractivity contribution >= 4 is 40.8 Å². The van der Waals surface area contributed by atoms with Crippen molar-refractivity contribution in [2.75, 3.05) is 28.3 Å². The van der Waals surface area contributed by atoms with Gasteiger partial charge >= 0.3 is 6.03 Å². The van der Waals surface area contributed by atoms with Crippen LogP contribution >= 0.6 is 11.8 Å². The molecule has 4 rings (SSSR count). The summed E-state index contributed by atoms with van der Waals surface area (Å²) in [6.07, 6.45) is 2.44. The van der Waals surface area contributed by atoms with E-state index in [1.165, 1.54) is 0 Å². The quantitative estimate of drug-likeness (QED) is 0.397. The molecule has 1 saturated heterocycles. The molecule has 6 nitrogen and oxygen atoms in total. The average molecular weight is 448 g/mol. The molecule has 3 N–H and O–H groups in total. The molecule has 0 radical (unpaired) electrons. The molecule has 3 aromatic carbocycles.